The summed E-state index contributed by atoms with van der Waals surface area (Å²) in [6, 6.07) is 8.06. The minimum Gasteiger partial charge on any atom is -0.497 e. The van der Waals surface area contributed by atoms with Gasteiger partial charge in [0.1, 0.15) is 5.75 Å². The first-order chi connectivity index (χ1) is 12.2. The normalized spacial score (nSPS) is 16.7. The van der Waals surface area contributed by atoms with Crippen molar-refractivity contribution >= 4 is 0 Å². The van der Waals surface area contributed by atoms with Crippen LogP contribution >= 0.6 is 0 Å². The maximum Gasteiger partial charge on any atom is 0.237 e. The van der Waals surface area contributed by atoms with Crippen molar-refractivity contribution in [2.45, 2.75) is 18.3 Å². The molecule has 1 aliphatic rings. The van der Waals surface area contributed by atoms with Crippen molar-refractivity contribution in [3.05, 3.63) is 48.1 Å². The molecule has 7 heteroatoms. The van der Waals surface area contributed by atoms with Crippen LogP contribution in [0.4, 0.5) is 0 Å². The second kappa shape index (κ2) is 6.33. The second-order valence-corrected chi connectivity index (χ2v) is 6.25. The summed E-state index contributed by atoms with van der Waals surface area (Å²) < 4.78 is 18.3. The van der Waals surface area contributed by atoms with E-state index in [2.05, 4.69) is 22.4 Å². The Morgan fingerprint density at radius 1 is 1.16 bits per heavy atom. The number of aromatic nitrogens is 4. The molecule has 1 fully saturated rings. The first-order valence-electron chi connectivity index (χ1n) is 8.27. The van der Waals surface area contributed by atoms with Crippen LogP contribution in [-0.2, 0) is 17.2 Å². The first kappa shape index (κ1) is 15.8. The van der Waals surface area contributed by atoms with E-state index in [1.54, 1.807) is 18.0 Å². The molecule has 4 rings (SSSR count). The summed E-state index contributed by atoms with van der Waals surface area (Å²) in [6.45, 7) is 1.33. The summed E-state index contributed by atoms with van der Waals surface area (Å²) in [4.78, 5) is 4.69. The molecule has 0 radical (unpaired) electrons. The molecule has 0 unspecified atom stereocenters. The van der Waals surface area contributed by atoms with E-state index >= 15 is 0 Å². The third kappa shape index (κ3) is 2.80. The zero-order chi connectivity index (χ0) is 17.3. The van der Waals surface area contributed by atoms with Crippen LogP contribution in [0, 0.1) is 0 Å². The van der Waals surface area contributed by atoms with Crippen molar-refractivity contribution in [3.63, 3.8) is 0 Å². The van der Waals surface area contributed by atoms with Crippen LogP contribution in [-0.4, -0.2) is 40.2 Å². The highest BCUT2D eigenvalue weighted by atomic mass is 16.5. The molecule has 1 aromatic carbocycles. The van der Waals surface area contributed by atoms with Crippen molar-refractivity contribution in [1.29, 1.82) is 0 Å². The fourth-order valence-electron chi connectivity index (χ4n) is 3.33. The van der Waals surface area contributed by atoms with Gasteiger partial charge in [-0.1, -0.05) is 17.3 Å². The van der Waals surface area contributed by atoms with E-state index in [1.807, 2.05) is 25.4 Å². The molecule has 7 nitrogen and oxygen atoms in total. The van der Waals surface area contributed by atoms with Crippen LogP contribution in [0.15, 0.2) is 41.2 Å². The van der Waals surface area contributed by atoms with Crippen molar-refractivity contribution < 1.29 is 14.0 Å². The van der Waals surface area contributed by atoms with Gasteiger partial charge < -0.3 is 14.0 Å². The maximum absolute atomic E-state index is 5.70. The fourth-order valence-corrected chi connectivity index (χ4v) is 3.33. The van der Waals surface area contributed by atoms with Crippen LogP contribution in [0.3, 0.4) is 0 Å². The molecule has 0 spiro atoms. The standard InChI is InChI=1S/C18H20N4O3/c1-22-12-13(11-19-22)16-20-17(25-21-16)18(7-9-24-10-8-18)14-3-5-15(23-2)6-4-14/h3-6,11-12H,7-10H2,1-2H3. The summed E-state index contributed by atoms with van der Waals surface area (Å²) in [6.07, 6.45) is 5.21. The molecule has 3 aromatic rings. The van der Waals surface area contributed by atoms with Crippen LogP contribution in [0.2, 0.25) is 0 Å². The van der Waals surface area contributed by atoms with Crippen LogP contribution in [0.25, 0.3) is 11.4 Å². The van der Waals surface area contributed by atoms with Crippen molar-refractivity contribution in [1.82, 2.24) is 19.9 Å². The molecule has 0 atom stereocenters. The van der Waals surface area contributed by atoms with E-state index in [9.17, 15) is 0 Å². The van der Waals surface area contributed by atoms with Gasteiger partial charge in [0.25, 0.3) is 0 Å². The molecule has 0 N–H and O–H groups in total. The minimum absolute atomic E-state index is 0.335. The number of rotatable bonds is 4. The van der Waals surface area contributed by atoms with Gasteiger partial charge in [0, 0.05) is 26.5 Å². The highest BCUT2D eigenvalue weighted by Crippen LogP contribution is 2.41. The lowest BCUT2D eigenvalue weighted by Gasteiger charge is -2.34. The fraction of sp³-hybridized carbons (Fsp3) is 0.389. The van der Waals surface area contributed by atoms with Gasteiger partial charge in [0.05, 0.1) is 24.3 Å². The van der Waals surface area contributed by atoms with Gasteiger partial charge >= 0.3 is 0 Å². The van der Waals surface area contributed by atoms with Crippen LogP contribution < -0.4 is 4.74 Å². The first-order valence-corrected chi connectivity index (χ1v) is 8.27. The van der Waals surface area contributed by atoms with Gasteiger partial charge in [-0.05, 0) is 30.5 Å². The molecule has 130 valence electrons. The quantitative estimate of drug-likeness (QED) is 0.727. The number of hydrogen-bond acceptors (Lipinski definition) is 6. The number of methoxy groups -OCH3 is 1. The van der Waals surface area contributed by atoms with Gasteiger partial charge in [-0.15, -0.1) is 0 Å². The van der Waals surface area contributed by atoms with Gasteiger partial charge in [0.2, 0.25) is 11.7 Å². The largest absolute Gasteiger partial charge is 0.497 e. The monoisotopic (exact) mass is 340 g/mol. The Labute approximate surface area is 145 Å². The molecule has 1 aliphatic heterocycles. The van der Waals surface area contributed by atoms with Gasteiger partial charge in [0.15, 0.2) is 0 Å². The lowest BCUT2D eigenvalue weighted by Crippen LogP contribution is -2.35. The van der Waals surface area contributed by atoms with Crippen LogP contribution in [0.1, 0.15) is 24.3 Å². The predicted molar refractivity (Wildman–Crippen MR) is 90.3 cm³/mol. The lowest BCUT2D eigenvalue weighted by atomic mass is 9.74. The van der Waals surface area contributed by atoms with Crippen molar-refractivity contribution in [3.8, 4) is 17.1 Å². The van der Waals surface area contributed by atoms with Gasteiger partial charge in [-0.2, -0.15) is 10.1 Å². The summed E-state index contributed by atoms with van der Waals surface area (Å²) >= 11 is 0. The Hall–Kier alpha value is -2.67. The van der Waals surface area contributed by atoms with E-state index in [4.69, 9.17) is 19.0 Å². The number of benzene rings is 1. The van der Waals surface area contributed by atoms with Crippen molar-refractivity contribution in [2.75, 3.05) is 20.3 Å². The number of nitrogens with zero attached hydrogens (tertiary/aromatic N) is 4. The van der Waals surface area contributed by atoms with E-state index in [0.29, 0.717) is 24.9 Å². The highest BCUT2D eigenvalue weighted by Gasteiger charge is 2.41. The van der Waals surface area contributed by atoms with E-state index in [0.717, 1.165) is 29.7 Å². The van der Waals surface area contributed by atoms with E-state index in [-0.39, 0.29) is 5.41 Å². The average molecular weight is 340 g/mol. The van der Waals surface area contributed by atoms with Gasteiger partial charge in [-0.25, -0.2) is 0 Å². The number of aryl methyl sites for hydroxylation is 1. The molecule has 0 amide bonds. The van der Waals surface area contributed by atoms with E-state index < -0.39 is 0 Å². The third-order valence-corrected chi connectivity index (χ3v) is 4.79. The number of ether oxygens (including phenoxy) is 2. The van der Waals surface area contributed by atoms with E-state index in [1.165, 1.54) is 0 Å². The van der Waals surface area contributed by atoms with Crippen molar-refractivity contribution in [2.24, 2.45) is 7.05 Å². The van der Waals surface area contributed by atoms with Crippen LogP contribution in [0.5, 0.6) is 5.75 Å². The molecule has 1 saturated heterocycles. The zero-order valence-electron chi connectivity index (χ0n) is 14.3. The maximum atomic E-state index is 5.70. The molecule has 25 heavy (non-hydrogen) atoms. The Kier molecular flexibility index (Phi) is 4.01. The molecule has 2 aromatic heterocycles. The Balaban J connectivity index is 1.75. The molecule has 3 heterocycles. The summed E-state index contributed by atoms with van der Waals surface area (Å²) in [5.41, 5.74) is 1.64. The Morgan fingerprint density at radius 2 is 1.92 bits per heavy atom. The molecule has 0 aliphatic carbocycles. The summed E-state index contributed by atoms with van der Waals surface area (Å²) in [5, 5.41) is 8.34. The smallest absolute Gasteiger partial charge is 0.237 e. The number of hydrogen-bond donors (Lipinski definition) is 0. The molecular formula is C18H20N4O3. The molecule has 0 bridgehead atoms. The summed E-state index contributed by atoms with van der Waals surface area (Å²) in [7, 11) is 3.53. The Bertz CT molecular complexity index is 847. The average Bonchev–Trinajstić information content (AvgIpc) is 3.32. The highest BCUT2D eigenvalue weighted by molar-refractivity contribution is 5.51. The molecular weight excluding hydrogens is 320 g/mol. The Morgan fingerprint density at radius 3 is 2.56 bits per heavy atom. The topological polar surface area (TPSA) is 75.2 Å². The minimum atomic E-state index is -0.335. The lowest BCUT2D eigenvalue weighted by molar-refractivity contribution is 0.0523. The van der Waals surface area contributed by atoms with Gasteiger partial charge in [-0.3, -0.25) is 4.68 Å². The summed E-state index contributed by atoms with van der Waals surface area (Å²) in [5.74, 6) is 2.01. The molecule has 0 saturated carbocycles. The predicted octanol–water partition coefficient (Wildman–Crippen LogP) is 2.58. The third-order valence-electron chi connectivity index (χ3n) is 4.79. The zero-order valence-corrected chi connectivity index (χ0v) is 14.3. The second-order valence-electron chi connectivity index (χ2n) is 6.25. The SMILES string of the molecule is COc1ccc(C2(c3nc(-c4cnn(C)c4)no3)CCOCC2)cc1.